The van der Waals surface area contributed by atoms with Crippen LogP contribution in [0.5, 0.6) is 0 Å². The van der Waals surface area contributed by atoms with E-state index in [1.54, 1.807) is 0 Å². The standard InChI is InChI=1S/C8H12N2.C8H16O/c1-10-6-7-3-2-4-8(9)5-7;1-3-5-6-8(4-2)7-9/h2-5,10H,6,9H2,1H3;7-8H,3-6H2,1-2H3. The molecule has 0 amide bonds. The van der Waals surface area contributed by atoms with Crippen LogP contribution in [-0.4, -0.2) is 13.3 Å². The predicted octanol–water partition coefficient (Wildman–Crippen LogP) is 3.39. The maximum Gasteiger partial charge on any atom is 0.123 e. The van der Waals surface area contributed by atoms with Gasteiger partial charge in [0.1, 0.15) is 6.29 Å². The molecule has 1 aromatic rings. The summed E-state index contributed by atoms with van der Waals surface area (Å²) in [6.07, 6.45) is 5.55. The number of carbonyl (C=O) groups is 1. The Labute approximate surface area is 117 Å². The van der Waals surface area contributed by atoms with Crippen LogP contribution in [0.2, 0.25) is 0 Å². The van der Waals surface area contributed by atoms with E-state index in [2.05, 4.69) is 19.2 Å². The van der Waals surface area contributed by atoms with Crippen LogP contribution >= 0.6 is 0 Å². The Bertz CT molecular complexity index is 339. The van der Waals surface area contributed by atoms with E-state index in [0.717, 1.165) is 31.4 Å². The number of nitrogens with two attached hydrogens (primary N) is 1. The van der Waals surface area contributed by atoms with Crippen molar-refractivity contribution in [2.45, 2.75) is 46.1 Å². The maximum atomic E-state index is 10.2. The lowest BCUT2D eigenvalue weighted by Crippen LogP contribution is -2.04. The molecule has 1 atom stereocenters. The summed E-state index contributed by atoms with van der Waals surface area (Å²) in [7, 11) is 1.92. The molecule has 0 saturated heterocycles. The number of anilines is 1. The lowest BCUT2D eigenvalue weighted by atomic mass is 10.0. The highest BCUT2D eigenvalue weighted by molar-refractivity contribution is 5.53. The van der Waals surface area contributed by atoms with Crippen LogP contribution < -0.4 is 11.1 Å². The molecule has 1 unspecified atom stereocenters. The van der Waals surface area contributed by atoms with E-state index >= 15 is 0 Å². The molecule has 0 aliphatic heterocycles. The van der Waals surface area contributed by atoms with Crippen LogP contribution in [0.25, 0.3) is 0 Å². The number of hydrogen-bond donors (Lipinski definition) is 2. The van der Waals surface area contributed by atoms with Gasteiger partial charge in [-0.2, -0.15) is 0 Å². The van der Waals surface area contributed by atoms with E-state index in [1.807, 2.05) is 31.3 Å². The first-order valence-electron chi connectivity index (χ1n) is 7.12. The van der Waals surface area contributed by atoms with E-state index in [0.29, 0.717) is 5.92 Å². The van der Waals surface area contributed by atoms with E-state index in [-0.39, 0.29) is 0 Å². The van der Waals surface area contributed by atoms with Crippen molar-refractivity contribution in [3.63, 3.8) is 0 Å². The fourth-order valence-electron chi connectivity index (χ4n) is 1.74. The SMILES string of the molecule is CCCCC(C=O)CC.CNCc1cccc(N)c1. The number of unbranched alkanes of at least 4 members (excludes halogenated alkanes) is 1. The maximum absolute atomic E-state index is 10.2. The minimum absolute atomic E-state index is 0.324. The average Bonchev–Trinajstić information content (AvgIpc) is 2.41. The Morgan fingerprint density at radius 1 is 1.37 bits per heavy atom. The molecule has 19 heavy (non-hydrogen) atoms. The van der Waals surface area contributed by atoms with Gasteiger partial charge in [-0.05, 0) is 37.6 Å². The lowest BCUT2D eigenvalue weighted by molar-refractivity contribution is -0.111. The zero-order valence-corrected chi connectivity index (χ0v) is 12.5. The summed E-state index contributed by atoms with van der Waals surface area (Å²) >= 11 is 0. The van der Waals surface area contributed by atoms with Crippen molar-refractivity contribution in [1.82, 2.24) is 5.32 Å². The Morgan fingerprint density at radius 3 is 2.58 bits per heavy atom. The summed E-state index contributed by atoms with van der Waals surface area (Å²) in [4.78, 5) is 10.2. The number of nitrogen functional groups attached to an aromatic ring is 1. The summed E-state index contributed by atoms with van der Waals surface area (Å²) in [5, 5.41) is 3.06. The molecule has 0 aromatic heterocycles. The topological polar surface area (TPSA) is 55.1 Å². The summed E-state index contributed by atoms with van der Waals surface area (Å²) in [5.74, 6) is 0.324. The van der Waals surface area contributed by atoms with Gasteiger partial charge in [-0.3, -0.25) is 0 Å². The van der Waals surface area contributed by atoms with E-state index in [4.69, 9.17) is 5.73 Å². The fourth-order valence-corrected chi connectivity index (χ4v) is 1.74. The molecule has 0 saturated carbocycles. The highest BCUT2D eigenvalue weighted by atomic mass is 16.1. The molecular formula is C16H28N2O. The second kappa shape index (κ2) is 11.7. The molecule has 3 heteroatoms. The smallest absolute Gasteiger partial charge is 0.123 e. The van der Waals surface area contributed by atoms with E-state index in [9.17, 15) is 4.79 Å². The molecule has 0 radical (unpaired) electrons. The predicted molar refractivity (Wildman–Crippen MR) is 83.0 cm³/mol. The minimum atomic E-state index is 0.324. The van der Waals surface area contributed by atoms with Gasteiger partial charge in [0.25, 0.3) is 0 Å². The monoisotopic (exact) mass is 264 g/mol. The second-order valence-electron chi connectivity index (χ2n) is 4.72. The quantitative estimate of drug-likeness (QED) is 0.586. The van der Waals surface area contributed by atoms with Gasteiger partial charge in [0.2, 0.25) is 0 Å². The van der Waals surface area contributed by atoms with Crippen molar-refractivity contribution < 1.29 is 4.79 Å². The van der Waals surface area contributed by atoms with Crippen molar-refractivity contribution >= 4 is 12.0 Å². The van der Waals surface area contributed by atoms with Gasteiger partial charge in [0.15, 0.2) is 0 Å². The van der Waals surface area contributed by atoms with Gasteiger partial charge in [-0.1, -0.05) is 38.8 Å². The molecule has 108 valence electrons. The van der Waals surface area contributed by atoms with Gasteiger partial charge in [-0.25, -0.2) is 0 Å². The van der Waals surface area contributed by atoms with Crippen LogP contribution in [0, 0.1) is 5.92 Å². The number of carbonyl (C=O) groups excluding carboxylic acids is 1. The van der Waals surface area contributed by atoms with E-state index < -0.39 is 0 Å². The summed E-state index contributed by atoms with van der Waals surface area (Å²) in [6.45, 7) is 5.09. The van der Waals surface area contributed by atoms with Crippen molar-refractivity contribution in [3.8, 4) is 0 Å². The van der Waals surface area contributed by atoms with Crippen molar-refractivity contribution in [3.05, 3.63) is 29.8 Å². The summed E-state index contributed by atoms with van der Waals surface area (Å²) in [5.41, 5.74) is 7.61. The zero-order chi connectivity index (χ0) is 14.5. The summed E-state index contributed by atoms with van der Waals surface area (Å²) in [6, 6.07) is 7.87. The molecular weight excluding hydrogens is 236 g/mol. The molecule has 3 nitrogen and oxygen atoms in total. The van der Waals surface area contributed by atoms with Crippen LogP contribution in [0.4, 0.5) is 5.69 Å². The van der Waals surface area contributed by atoms with Crippen molar-refractivity contribution in [1.29, 1.82) is 0 Å². The third-order valence-electron chi connectivity index (χ3n) is 2.98. The first kappa shape index (κ1) is 17.6. The van der Waals surface area contributed by atoms with Gasteiger partial charge in [0.05, 0.1) is 0 Å². The number of benzene rings is 1. The number of aldehydes is 1. The molecule has 0 aliphatic rings. The molecule has 0 fully saturated rings. The van der Waals surface area contributed by atoms with Gasteiger partial charge in [0, 0.05) is 18.2 Å². The molecule has 0 heterocycles. The van der Waals surface area contributed by atoms with E-state index in [1.165, 1.54) is 18.4 Å². The molecule has 1 rings (SSSR count). The minimum Gasteiger partial charge on any atom is -0.399 e. The average molecular weight is 264 g/mol. The molecule has 3 N–H and O–H groups in total. The van der Waals surface area contributed by atoms with Crippen LogP contribution in [-0.2, 0) is 11.3 Å². The van der Waals surface area contributed by atoms with Gasteiger partial charge >= 0.3 is 0 Å². The Balaban J connectivity index is 0.000000344. The summed E-state index contributed by atoms with van der Waals surface area (Å²) < 4.78 is 0. The first-order chi connectivity index (χ1) is 9.17. The largest absolute Gasteiger partial charge is 0.399 e. The highest BCUT2D eigenvalue weighted by Crippen LogP contribution is 2.08. The lowest BCUT2D eigenvalue weighted by Gasteiger charge is -2.03. The van der Waals surface area contributed by atoms with Crippen LogP contribution in [0.1, 0.15) is 45.1 Å². The fraction of sp³-hybridized carbons (Fsp3) is 0.562. The van der Waals surface area contributed by atoms with Crippen LogP contribution in [0.3, 0.4) is 0 Å². The second-order valence-corrected chi connectivity index (χ2v) is 4.72. The molecule has 0 bridgehead atoms. The third-order valence-corrected chi connectivity index (χ3v) is 2.98. The zero-order valence-electron chi connectivity index (χ0n) is 12.5. The number of nitrogens with one attached hydrogen (secondary N) is 1. The van der Waals surface area contributed by atoms with Crippen LogP contribution in [0.15, 0.2) is 24.3 Å². The number of rotatable bonds is 7. The number of hydrogen-bond acceptors (Lipinski definition) is 3. The Morgan fingerprint density at radius 2 is 2.11 bits per heavy atom. The van der Waals surface area contributed by atoms with Gasteiger partial charge < -0.3 is 15.8 Å². The first-order valence-corrected chi connectivity index (χ1v) is 7.12. The third kappa shape index (κ3) is 9.25. The van der Waals surface area contributed by atoms with Crippen molar-refractivity contribution in [2.75, 3.05) is 12.8 Å². The normalized spacial score (nSPS) is 11.3. The Hall–Kier alpha value is -1.35. The molecule has 0 aliphatic carbocycles. The molecule has 0 spiro atoms. The highest BCUT2D eigenvalue weighted by Gasteiger charge is 2.01. The van der Waals surface area contributed by atoms with Gasteiger partial charge in [-0.15, -0.1) is 0 Å². The Kier molecular flexibility index (Phi) is 10.9. The molecule has 1 aromatic carbocycles. The van der Waals surface area contributed by atoms with Crippen molar-refractivity contribution in [2.24, 2.45) is 5.92 Å².